The zero-order chi connectivity index (χ0) is 11.9. The van der Waals surface area contributed by atoms with Gasteiger partial charge in [-0.25, -0.2) is 0 Å². The number of rotatable bonds is 4. The van der Waals surface area contributed by atoms with Crippen LogP contribution < -0.4 is 5.32 Å². The number of hydrogen-bond donors (Lipinski definition) is 1. The zero-order valence-electron chi connectivity index (χ0n) is 10.4. The highest BCUT2D eigenvalue weighted by molar-refractivity contribution is 9.10. The summed E-state index contributed by atoms with van der Waals surface area (Å²) < 4.78 is 1.17. The molecule has 1 aromatic carbocycles. The summed E-state index contributed by atoms with van der Waals surface area (Å²) in [7, 11) is 0. The minimum Gasteiger partial charge on any atom is -0.312 e. The van der Waals surface area contributed by atoms with Crippen LogP contribution in [0.15, 0.2) is 28.7 Å². The van der Waals surface area contributed by atoms with Crippen LogP contribution in [-0.4, -0.2) is 6.54 Å². The molecule has 0 radical (unpaired) electrons. The standard InChI is InChI=1S/C15H22BrN/c16-15-9-5-8-14(10-15)12-17-11-13-6-3-1-2-4-7-13/h5,8-10,13,17H,1-4,6-7,11-12H2. The Morgan fingerprint density at radius 3 is 2.59 bits per heavy atom. The maximum Gasteiger partial charge on any atom is 0.0206 e. The van der Waals surface area contributed by atoms with E-state index in [1.807, 2.05) is 0 Å². The van der Waals surface area contributed by atoms with Crippen molar-refractivity contribution in [3.63, 3.8) is 0 Å². The molecule has 1 saturated carbocycles. The first kappa shape index (κ1) is 13.1. The van der Waals surface area contributed by atoms with Crippen molar-refractivity contribution < 1.29 is 0 Å². The Bertz CT molecular complexity index is 329. The maximum atomic E-state index is 3.61. The Morgan fingerprint density at radius 1 is 1.12 bits per heavy atom. The minimum atomic E-state index is 0.907. The molecule has 0 spiro atoms. The van der Waals surface area contributed by atoms with Gasteiger partial charge in [-0.2, -0.15) is 0 Å². The third-order valence-corrected chi connectivity index (χ3v) is 4.12. The second kappa shape index (κ2) is 7.17. The van der Waals surface area contributed by atoms with Crippen LogP contribution in [0.3, 0.4) is 0 Å². The van der Waals surface area contributed by atoms with Crippen LogP contribution in [0.1, 0.15) is 44.1 Å². The second-order valence-electron chi connectivity index (χ2n) is 5.12. The molecule has 0 heterocycles. The van der Waals surface area contributed by atoms with Gasteiger partial charge in [0.1, 0.15) is 0 Å². The first-order valence-electron chi connectivity index (χ1n) is 6.80. The van der Waals surface area contributed by atoms with Crippen LogP contribution in [0.5, 0.6) is 0 Å². The average Bonchev–Trinajstić information content (AvgIpc) is 2.58. The summed E-state index contributed by atoms with van der Waals surface area (Å²) in [4.78, 5) is 0. The fourth-order valence-corrected chi connectivity index (χ4v) is 3.08. The maximum absolute atomic E-state index is 3.61. The van der Waals surface area contributed by atoms with Gasteiger partial charge in [0.2, 0.25) is 0 Å². The van der Waals surface area contributed by atoms with E-state index in [0.717, 1.165) is 12.5 Å². The molecule has 1 aliphatic carbocycles. The van der Waals surface area contributed by atoms with Crippen LogP contribution in [0.25, 0.3) is 0 Å². The van der Waals surface area contributed by atoms with Gasteiger partial charge in [0.15, 0.2) is 0 Å². The molecule has 0 aliphatic heterocycles. The highest BCUT2D eigenvalue weighted by Crippen LogP contribution is 2.22. The third kappa shape index (κ3) is 4.81. The van der Waals surface area contributed by atoms with Crippen molar-refractivity contribution >= 4 is 15.9 Å². The molecule has 1 fully saturated rings. The van der Waals surface area contributed by atoms with E-state index < -0.39 is 0 Å². The lowest BCUT2D eigenvalue weighted by Crippen LogP contribution is -2.22. The molecule has 2 rings (SSSR count). The Balaban J connectivity index is 1.71. The van der Waals surface area contributed by atoms with Crippen LogP contribution in [-0.2, 0) is 6.54 Å². The summed E-state index contributed by atoms with van der Waals surface area (Å²) in [6.45, 7) is 2.18. The van der Waals surface area contributed by atoms with E-state index >= 15 is 0 Å². The highest BCUT2D eigenvalue weighted by atomic mass is 79.9. The van der Waals surface area contributed by atoms with Gasteiger partial charge in [-0.1, -0.05) is 53.7 Å². The quantitative estimate of drug-likeness (QED) is 0.806. The molecule has 94 valence electrons. The summed E-state index contributed by atoms with van der Waals surface area (Å²) in [6, 6.07) is 8.56. The van der Waals surface area contributed by atoms with Gasteiger partial charge < -0.3 is 5.32 Å². The smallest absolute Gasteiger partial charge is 0.0206 e. The van der Waals surface area contributed by atoms with Gasteiger partial charge in [-0.3, -0.25) is 0 Å². The minimum absolute atomic E-state index is 0.907. The van der Waals surface area contributed by atoms with Crippen molar-refractivity contribution in [3.05, 3.63) is 34.3 Å². The molecule has 2 heteroatoms. The number of benzene rings is 1. The molecule has 1 nitrogen and oxygen atoms in total. The number of halogens is 1. The van der Waals surface area contributed by atoms with Crippen molar-refractivity contribution in [3.8, 4) is 0 Å². The van der Waals surface area contributed by atoms with Gasteiger partial charge in [-0.15, -0.1) is 0 Å². The van der Waals surface area contributed by atoms with Crippen LogP contribution >= 0.6 is 15.9 Å². The Labute approximate surface area is 113 Å². The molecule has 0 amide bonds. The second-order valence-corrected chi connectivity index (χ2v) is 6.03. The fraction of sp³-hybridized carbons (Fsp3) is 0.600. The monoisotopic (exact) mass is 295 g/mol. The predicted molar refractivity (Wildman–Crippen MR) is 77.0 cm³/mol. The number of hydrogen-bond acceptors (Lipinski definition) is 1. The first-order valence-corrected chi connectivity index (χ1v) is 7.59. The molecule has 1 aromatic rings. The van der Waals surface area contributed by atoms with E-state index in [1.54, 1.807) is 0 Å². The molecular weight excluding hydrogens is 274 g/mol. The van der Waals surface area contributed by atoms with Crippen LogP contribution in [0.2, 0.25) is 0 Å². The van der Waals surface area contributed by atoms with Crippen LogP contribution in [0, 0.1) is 5.92 Å². The molecular formula is C15H22BrN. The van der Waals surface area contributed by atoms with Crippen LogP contribution in [0.4, 0.5) is 0 Å². The summed E-state index contributed by atoms with van der Waals surface area (Å²) in [5, 5.41) is 3.61. The van der Waals surface area contributed by atoms with E-state index in [-0.39, 0.29) is 0 Å². The Morgan fingerprint density at radius 2 is 1.88 bits per heavy atom. The van der Waals surface area contributed by atoms with Crippen molar-refractivity contribution in [1.82, 2.24) is 5.32 Å². The van der Waals surface area contributed by atoms with Crippen molar-refractivity contribution in [2.45, 2.75) is 45.1 Å². The topological polar surface area (TPSA) is 12.0 Å². The van der Waals surface area contributed by atoms with Crippen molar-refractivity contribution in [1.29, 1.82) is 0 Å². The third-order valence-electron chi connectivity index (χ3n) is 3.63. The zero-order valence-corrected chi connectivity index (χ0v) is 12.0. The lowest BCUT2D eigenvalue weighted by atomic mass is 10.0. The van der Waals surface area contributed by atoms with E-state index in [0.29, 0.717) is 0 Å². The normalized spacial score (nSPS) is 17.9. The van der Waals surface area contributed by atoms with Gasteiger partial charge >= 0.3 is 0 Å². The lowest BCUT2D eigenvalue weighted by molar-refractivity contribution is 0.425. The van der Waals surface area contributed by atoms with E-state index in [1.165, 1.54) is 55.1 Å². The van der Waals surface area contributed by atoms with E-state index in [2.05, 4.69) is 45.5 Å². The fourth-order valence-electron chi connectivity index (χ4n) is 2.64. The summed E-state index contributed by atoms with van der Waals surface area (Å²) in [5.41, 5.74) is 1.37. The summed E-state index contributed by atoms with van der Waals surface area (Å²) in [5.74, 6) is 0.907. The average molecular weight is 296 g/mol. The van der Waals surface area contributed by atoms with Gasteiger partial charge in [0.25, 0.3) is 0 Å². The summed E-state index contributed by atoms with van der Waals surface area (Å²) >= 11 is 3.51. The summed E-state index contributed by atoms with van der Waals surface area (Å²) in [6.07, 6.45) is 8.60. The highest BCUT2D eigenvalue weighted by Gasteiger charge is 2.11. The SMILES string of the molecule is Brc1cccc(CNCC2CCCCCC2)c1. The van der Waals surface area contributed by atoms with E-state index in [4.69, 9.17) is 0 Å². The molecule has 1 N–H and O–H groups in total. The first-order chi connectivity index (χ1) is 8.34. The van der Waals surface area contributed by atoms with Gasteiger partial charge in [-0.05, 0) is 43.0 Å². The number of nitrogens with one attached hydrogen (secondary N) is 1. The molecule has 0 aromatic heterocycles. The van der Waals surface area contributed by atoms with Crippen molar-refractivity contribution in [2.75, 3.05) is 6.54 Å². The van der Waals surface area contributed by atoms with Gasteiger partial charge in [0, 0.05) is 11.0 Å². The Hall–Kier alpha value is -0.340. The predicted octanol–water partition coefficient (Wildman–Crippen LogP) is 4.51. The molecule has 17 heavy (non-hydrogen) atoms. The largest absolute Gasteiger partial charge is 0.312 e. The molecule has 0 atom stereocenters. The lowest BCUT2D eigenvalue weighted by Gasteiger charge is -2.14. The van der Waals surface area contributed by atoms with Gasteiger partial charge in [0.05, 0.1) is 0 Å². The molecule has 0 saturated heterocycles. The molecule has 1 aliphatic rings. The Kier molecular flexibility index (Phi) is 5.53. The molecule has 0 bridgehead atoms. The van der Waals surface area contributed by atoms with Crippen molar-refractivity contribution in [2.24, 2.45) is 5.92 Å². The van der Waals surface area contributed by atoms with E-state index in [9.17, 15) is 0 Å². The molecule has 0 unspecified atom stereocenters.